The Kier molecular flexibility index (Phi) is 3.33. The maximum absolute atomic E-state index is 12.5. The molecule has 0 bridgehead atoms. The minimum Gasteiger partial charge on any atom is -0.334 e. The Hall–Kier alpha value is -0.970. The molecule has 18 heavy (non-hydrogen) atoms. The maximum Gasteiger partial charge on any atom is 0.275 e. The Balaban J connectivity index is 1.81. The maximum atomic E-state index is 12.5. The van der Waals surface area contributed by atoms with Crippen LogP contribution in [0.3, 0.4) is 0 Å². The Labute approximate surface area is 112 Å². The van der Waals surface area contributed by atoms with E-state index < -0.39 is 0 Å². The van der Waals surface area contributed by atoms with Crippen molar-refractivity contribution in [2.45, 2.75) is 45.1 Å². The number of amides is 1. The standard InChI is InChI=1S/C13H19N3OS/c1-9-6-7-16(12-5-3-2-4-10(9)12)13(17)11-8-14-18-15-11/h8-10,12H,2-7H2,1H3/t9-,10+,12-/m1/s1. The summed E-state index contributed by atoms with van der Waals surface area (Å²) in [5.41, 5.74) is 0.527. The largest absolute Gasteiger partial charge is 0.334 e. The second kappa shape index (κ2) is 4.96. The highest BCUT2D eigenvalue weighted by molar-refractivity contribution is 6.99. The summed E-state index contributed by atoms with van der Waals surface area (Å²) in [5.74, 6) is 1.54. The number of nitrogens with zero attached hydrogens (tertiary/aromatic N) is 3. The molecular formula is C13H19N3OS. The van der Waals surface area contributed by atoms with Crippen LogP contribution in [-0.2, 0) is 0 Å². The first kappa shape index (κ1) is 12.1. The molecule has 0 aromatic carbocycles. The summed E-state index contributed by atoms with van der Waals surface area (Å²) in [6.07, 6.45) is 7.76. The van der Waals surface area contributed by atoms with Crippen LogP contribution in [0, 0.1) is 11.8 Å². The second-order valence-electron chi connectivity index (χ2n) is 5.57. The molecule has 0 radical (unpaired) electrons. The monoisotopic (exact) mass is 265 g/mol. The third-order valence-corrected chi connectivity index (χ3v) is 5.06. The van der Waals surface area contributed by atoms with Crippen molar-refractivity contribution in [2.75, 3.05) is 6.54 Å². The first-order valence-electron chi connectivity index (χ1n) is 6.86. The van der Waals surface area contributed by atoms with Crippen LogP contribution in [0.2, 0.25) is 0 Å². The molecule has 1 aromatic heterocycles. The molecule has 1 aliphatic carbocycles. The second-order valence-corrected chi connectivity index (χ2v) is 6.13. The lowest BCUT2D eigenvalue weighted by Gasteiger charge is -2.47. The fourth-order valence-electron chi connectivity index (χ4n) is 3.57. The highest BCUT2D eigenvalue weighted by Crippen LogP contribution is 2.39. The van der Waals surface area contributed by atoms with E-state index in [1.165, 1.54) is 19.3 Å². The number of carbonyl (C=O) groups excluding carboxylic acids is 1. The summed E-state index contributed by atoms with van der Waals surface area (Å²) < 4.78 is 8.03. The molecule has 2 heterocycles. The number of hydrogen-bond donors (Lipinski definition) is 0. The number of likely N-dealkylation sites (tertiary alicyclic amines) is 1. The van der Waals surface area contributed by atoms with Crippen LogP contribution in [0.1, 0.15) is 49.5 Å². The average molecular weight is 265 g/mol. The molecule has 1 aliphatic heterocycles. The van der Waals surface area contributed by atoms with Crippen LogP contribution >= 0.6 is 11.7 Å². The number of aromatic nitrogens is 2. The molecule has 2 aliphatic rings. The van der Waals surface area contributed by atoms with E-state index in [1.807, 2.05) is 0 Å². The highest BCUT2D eigenvalue weighted by atomic mass is 32.1. The van der Waals surface area contributed by atoms with E-state index in [0.29, 0.717) is 17.7 Å². The van der Waals surface area contributed by atoms with Crippen LogP contribution in [0.4, 0.5) is 0 Å². The topological polar surface area (TPSA) is 46.1 Å². The molecule has 1 saturated carbocycles. The van der Waals surface area contributed by atoms with Gasteiger partial charge in [-0.3, -0.25) is 4.79 Å². The summed E-state index contributed by atoms with van der Waals surface area (Å²) in [6.45, 7) is 3.23. The van der Waals surface area contributed by atoms with Crippen molar-refractivity contribution < 1.29 is 4.79 Å². The number of carbonyl (C=O) groups is 1. The zero-order chi connectivity index (χ0) is 12.5. The molecule has 0 unspecified atom stereocenters. The van der Waals surface area contributed by atoms with Crippen molar-refractivity contribution in [3.05, 3.63) is 11.9 Å². The molecule has 0 N–H and O–H groups in total. The fourth-order valence-corrected chi connectivity index (χ4v) is 3.98. The smallest absolute Gasteiger partial charge is 0.275 e. The van der Waals surface area contributed by atoms with Gasteiger partial charge in [-0.25, -0.2) is 0 Å². The third-order valence-electron chi connectivity index (χ3n) is 4.58. The summed E-state index contributed by atoms with van der Waals surface area (Å²) in [6, 6.07) is 0.441. The van der Waals surface area contributed by atoms with Gasteiger partial charge >= 0.3 is 0 Å². The third kappa shape index (κ3) is 2.05. The minimum atomic E-state index is 0.0903. The molecular weight excluding hydrogens is 246 g/mol. The van der Waals surface area contributed by atoms with Gasteiger partial charge in [0.15, 0.2) is 5.69 Å². The predicted molar refractivity (Wildman–Crippen MR) is 70.5 cm³/mol. The number of rotatable bonds is 1. The van der Waals surface area contributed by atoms with Gasteiger partial charge in [0.25, 0.3) is 5.91 Å². The van der Waals surface area contributed by atoms with Gasteiger partial charge in [-0.1, -0.05) is 19.8 Å². The Bertz CT molecular complexity index is 420. The molecule has 1 aromatic rings. The summed E-state index contributed by atoms with van der Waals surface area (Å²) in [4.78, 5) is 14.5. The SMILES string of the molecule is C[C@@H]1CCN(C(=O)c2cnsn2)[C@@H]2CCCC[C@@H]12. The molecule has 0 spiro atoms. The van der Waals surface area contributed by atoms with Gasteiger partial charge in [0.2, 0.25) is 0 Å². The van der Waals surface area contributed by atoms with Gasteiger partial charge < -0.3 is 4.90 Å². The van der Waals surface area contributed by atoms with Crippen molar-refractivity contribution in [1.82, 2.24) is 13.6 Å². The summed E-state index contributed by atoms with van der Waals surface area (Å²) >= 11 is 1.11. The van der Waals surface area contributed by atoms with Crippen molar-refractivity contribution >= 4 is 17.6 Å². The number of hydrogen-bond acceptors (Lipinski definition) is 4. The number of piperidine rings is 1. The molecule has 3 atom stereocenters. The minimum absolute atomic E-state index is 0.0903. The van der Waals surface area contributed by atoms with Gasteiger partial charge in [0.05, 0.1) is 17.9 Å². The van der Waals surface area contributed by atoms with Gasteiger partial charge in [-0.15, -0.1) is 0 Å². The van der Waals surface area contributed by atoms with E-state index in [2.05, 4.69) is 20.6 Å². The summed E-state index contributed by atoms with van der Waals surface area (Å²) in [7, 11) is 0. The summed E-state index contributed by atoms with van der Waals surface area (Å²) in [5, 5.41) is 0. The molecule has 3 rings (SSSR count). The van der Waals surface area contributed by atoms with Crippen molar-refractivity contribution in [1.29, 1.82) is 0 Å². The quantitative estimate of drug-likeness (QED) is 0.784. The Morgan fingerprint density at radius 2 is 2.22 bits per heavy atom. The fraction of sp³-hybridized carbons (Fsp3) is 0.769. The normalized spacial score (nSPS) is 32.1. The number of fused-ring (bicyclic) bond motifs is 1. The molecule has 5 heteroatoms. The lowest BCUT2D eigenvalue weighted by Crippen LogP contribution is -2.52. The van der Waals surface area contributed by atoms with Crippen molar-refractivity contribution in [3.8, 4) is 0 Å². The molecule has 4 nitrogen and oxygen atoms in total. The van der Waals surface area contributed by atoms with Crippen LogP contribution in [0.5, 0.6) is 0 Å². The lowest BCUT2D eigenvalue weighted by atomic mass is 9.72. The van der Waals surface area contributed by atoms with Gasteiger partial charge in [-0.2, -0.15) is 8.75 Å². The van der Waals surface area contributed by atoms with E-state index in [0.717, 1.165) is 37.0 Å². The Morgan fingerprint density at radius 3 is 3.00 bits per heavy atom. The highest BCUT2D eigenvalue weighted by Gasteiger charge is 2.39. The van der Waals surface area contributed by atoms with Crippen LogP contribution in [0.25, 0.3) is 0 Å². The molecule has 98 valence electrons. The average Bonchev–Trinajstić information content (AvgIpc) is 2.93. The first-order chi connectivity index (χ1) is 8.77. The van der Waals surface area contributed by atoms with E-state index >= 15 is 0 Å². The van der Waals surface area contributed by atoms with Crippen molar-refractivity contribution in [3.63, 3.8) is 0 Å². The van der Waals surface area contributed by atoms with E-state index in [-0.39, 0.29) is 5.91 Å². The van der Waals surface area contributed by atoms with Crippen LogP contribution in [0.15, 0.2) is 6.20 Å². The zero-order valence-electron chi connectivity index (χ0n) is 10.7. The molecule has 1 saturated heterocycles. The van der Waals surface area contributed by atoms with E-state index in [4.69, 9.17) is 0 Å². The zero-order valence-corrected chi connectivity index (χ0v) is 11.5. The molecule has 1 amide bonds. The van der Waals surface area contributed by atoms with Gasteiger partial charge in [0, 0.05) is 12.6 Å². The van der Waals surface area contributed by atoms with Crippen molar-refractivity contribution in [2.24, 2.45) is 11.8 Å². The Morgan fingerprint density at radius 1 is 1.39 bits per heavy atom. The van der Waals surface area contributed by atoms with Gasteiger partial charge in [0.1, 0.15) is 0 Å². The van der Waals surface area contributed by atoms with E-state index in [1.54, 1.807) is 6.20 Å². The first-order valence-corrected chi connectivity index (χ1v) is 7.59. The van der Waals surface area contributed by atoms with Crippen LogP contribution < -0.4 is 0 Å². The molecule has 2 fully saturated rings. The van der Waals surface area contributed by atoms with E-state index in [9.17, 15) is 4.79 Å². The lowest BCUT2D eigenvalue weighted by molar-refractivity contribution is 0.0214. The predicted octanol–water partition coefficient (Wildman–Crippen LogP) is 2.58. The van der Waals surface area contributed by atoms with Crippen LogP contribution in [-0.4, -0.2) is 32.1 Å². The van der Waals surface area contributed by atoms with Gasteiger partial charge in [-0.05, 0) is 31.1 Å².